The van der Waals surface area contributed by atoms with E-state index >= 15 is 0 Å². The zero-order chi connectivity index (χ0) is 12.4. The molecule has 1 aliphatic carbocycles. The van der Waals surface area contributed by atoms with Crippen LogP contribution in [0.2, 0.25) is 0 Å². The molecule has 2 aliphatic rings. The lowest BCUT2D eigenvalue weighted by atomic mass is 9.79. The smallest absolute Gasteiger partial charge is 0.276 e. The molecule has 18 heavy (non-hydrogen) atoms. The molecular formula is C13H19N3O2. The van der Waals surface area contributed by atoms with Gasteiger partial charge in [-0.15, -0.1) is 0 Å². The second-order valence-electron chi connectivity index (χ2n) is 5.30. The third-order valence-corrected chi connectivity index (χ3v) is 4.23. The fraction of sp³-hybridized carbons (Fsp3) is 0.692. The monoisotopic (exact) mass is 249 g/mol. The summed E-state index contributed by atoms with van der Waals surface area (Å²) in [7, 11) is 0. The van der Waals surface area contributed by atoms with Crippen LogP contribution in [0.1, 0.15) is 42.6 Å². The topological polar surface area (TPSA) is 58.4 Å². The quantitative estimate of drug-likeness (QED) is 0.818. The zero-order valence-electron chi connectivity index (χ0n) is 10.5. The van der Waals surface area contributed by atoms with Crippen LogP contribution in [0.4, 0.5) is 0 Å². The molecule has 0 radical (unpaired) electrons. The third-order valence-electron chi connectivity index (χ3n) is 4.23. The summed E-state index contributed by atoms with van der Waals surface area (Å²) in [6, 6.07) is 1.65. The van der Waals surface area contributed by atoms with Crippen molar-refractivity contribution in [3.8, 4) is 0 Å². The van der Waals surface area contributed by atoms with Crippen LogP contribution >= 0.6 is 0 Å². The van der Waals surface area contributed by atoms with Crippen molar-refractivity contribution in [3.63, 3.8) is 0 Å². The van der Waals surface area contributed by atoms with E-state index in [1.165, 1.54) is 25.5 Å². The van der Waals surface area contributed by atoms with Crippen LogP contribution in [0.15, 0.2) is 16.9 Å². The standard InChI is InChI=1S/C13H19N3O2/c17-12(11-4-9-18-15-11)16-8-7-14-10-13(16)5-2-1-3-6-13/h4,9,14H,1-3,5-8,10H2. The van der Waals surface area contributed by atoms with Gasteiger partial charge in [0.25, 0.3) is 5.91 Å². The molecule has 1 saturated carbocycles. The number of hydrogen-bond acceptors (Lipinski definition) is 4. The molecule has 0 aromatic carbocycles. The highest BCUT2D eigenvalue weighted by Crippen LogP contribution is 2.35. The maximum absolute atomic E-state index is 12.5. The van der Waals surface area contributed by atoms with Crippen LogP contribution in [0.5, 0.6) is 0 Å². The molecule has 5 heteroatoms. The van der Waals surface area contributed by atoms with Crippen LogP contribution in [0, 0.1) is 0 Å². The Labute approximate surface area is 107 Å². The van der Waals surface area contributed by atoms with Gasteiger partial charge in [-0.2, -0.15) is 0 Å². The second kappa shape index (κ2) is 4.72. The zero-order valence-corrected chi connectivity index (χ0v) is 10.5. The molecule has 1 saturated heterocycles. The molecule has 1 amide bonds. The van der Waals surface area contributed by atoms with E-state index in [9.17, 15) is 4.79 Å². The molecule has 1 spiro atoms. The van der Waals surface area contributed by atoms with Crippen molar-refractivity contribution in [3.05, 3.63) is 18.0 Å². The van der Waals surface area contributed by atoms with Crippen LogP contribution in [-0.2, 0) is 0 Å². The van der Waals surface area contributed by atoms with Crippen molar-refractivity contribution in [1.82, 2.24) is 15.4 Å². The van der Waals surface area contributed by atoms with E-state index in [0.29, 0.717) is 5.69 Å². The van der Waals surface area contributed by atoms with Gasteiger partial charge in [0.15, 0.2) is 5.69 Å². The number of rotatable bonds is 1. The van der Waals surface area contributed by atoms with Gasteiger partial charge in [-0.1, -0.05) is 24.4 Å². The molecule has 1 aromatic rings. The Morgan fingerprint density at radius 1 is 1.39 bits per heavy atom. The Kier molecular flexibility index (Phi) is 3.07. The lowest BCUT2D eigenvalue weighted by molar-refractivity contribution is 0.0214. The van der Waals surface area contributed by atoms with Gasteiger partial charge in [0.1, 0.15) is 6.26 Å². The number of carbonyl (C=O) groups is 1. The minimum absolute atomic E-state index is 0.00648. The lowest BCUT2D eigenvalue weighted by Crippen LogP contribution is -2.63. The Morgan fingerprint density at radius 3 is 2.94 bits per heavy atom. The highest BCUT2D eigenvalue weighted by atomic mass is 16.5. The van der Waals surface area contributed by atoms with E-state index in [-0.39, 0.29) is 11.4 Å². The van der Waals surface area contributed by atoms with Gasteiger partial charge in [-0.3, -0.25) is 4.79 Å². The van der Waals surface area contributed by atoms with E-state index in [1.807, 2.05) is 4.90 Å². The fourth-order valence-corrected chi connectivity index (χ4v) is 3.28. The van der Waals surface area contributed by atoms with E-state index in [4.69, 9.17) is 4.52 Å². The Bertz CT molecular complexity index is 402. The molecule has 5 nitrogen and oxygen atoms in total. The van der Waals surface area contributed by atoms with Gasteiger partial charge in [-0.25, -0.2) is 0 Å². The summed E-state index contributed by atoms with van der Waals surface area (Å²) >= 11 is 0. The summed E-state index contributed by atoms with van der Waals surface area (Å²) < 4.78 is 4.79. The number of nitrogens with zero attached hydrogens (tertiary/aromatic N) is 2. The summed E-state index contributed by atoms with van der Waals surface area (Å²) in [5, 5.41) is 7.22. The number of amides is 1. The summed E-state index contributed by atoms with van der Waals surface area (Å²) in [5.41, 5.74) is 0.439. The van der Waals surface area contributed by atoms with Gasteiger partial charge < -0.3 is 14.7 Å². The van der Waals surface area contributed by atoms with Crippen molar-refractivity contribution in [2.24, 2.45) is 0 Å². The number of aromatic nitrogens is 1. The maximum atomic E-state index is 12.5. The second-order valence-corrected chi connectivity index (χ2v) is 5.30. The van der Waals surface area contributed by atoms with Gasteiger partial charge in [-0.05, 0) is 12.8 Å². The first-order chi connectivity index (χ1) is 8.82. The summed E-state index contributed by atoms with van der Waals surface area (Å²) in [5.74, 6) is 0.0205. The molecule has 0 atom stereocenters. The summed E-state index contributed by atoms with van der Waals surface area (Å²) in [6.45, 7) is 2.55. The van der Waals surface area contributed by atoms with Gasteiger partial charge in [0.05, 0.1) is 5.54 Å². The number of hydrogen-bond donors (Lipinski definition) is 1. The third kappa shape index (κ3) is 1.92. The molecule has 2 heterocycles. The van der Waals surface area contributed by atoms with E-state index in [2.05, 4.69) is 10.5 Å². The van der Waals surface area contributed by atoms with Crippen molar-refractivity contribution < 1.29 is 9.32 Å². The van der Waals surface area contributed by atoms with Crippen molar-refractivity contribution in [2.45, 2.75) is 37.6 Å². The molecule has 0 unspecified atom stereocenters. The average Bonchev–Trinajstić information content (AvgIpc) is 2.93. The van der Waals surface area contributed by atoms with Gasteiger partial charge in [0, 0.05) is 25.7 Å². The first-order valence-electron chi connectivity index (χ1n) is 6.75. The molecule has 1 aliphatic heterocycles. The van der Waals surface area contributed by atoms with E-state index in [1.54, 1.807) is 6.07 Å². The number of piperazine rings is 1. The van der Waals surface area contributed by atoms with Gasteiger partial charge >= 0.3 is 0 Å². The highest BCUT2D eigenvalue weighted by Gasteiger charge is 2.42. The Balaban J connectivity index is 1.85. The first-order valence-corrected chi connectivity index (χ1v) is 6.75. The van der Waals surface area contributed by atoms with E-state index < -0.39 is 0 Å². The maximum Gasteiger partial charge on any atom is 0.276 e. The first kappa shape index (κ1) is 11.7. The number of nitrogens with one attached hydrogen (secondary N) is 1. The molecule has 98 valence electrons. The molecular weight excluding hydrogens is 230 g/mol. The fourth-order valence-electron chi connectivity index (χ4n) is 3.28. The largest absolute Gasteiger partial charge is 0.364 e. The average molecular weight is 249 g/mol. The molecule has 0 bridgehead atoms. The Morgan fingerprint density at radius 2 is 2.22 bits per heavy atom. The predicted molar refractivity (Wildman–Crippen MR) is 66.2 cm³/mol. The van der Waals surface area contributed by atoms with Crippen LogP contribution < -0.4 is 5.32 Å². The minimum Gasteiger partial charge on any atom is -0.364 e. The molecule has 3 rings (SSSR count). The Hall–Kier alpha value is -1.36. The minimum atomic E-state index is 0.00648. The van der Waals surface area contributed by atoms with Crippen molar-refractivity contribution in [2.75, 3.05) is 19.6 Å². The predicted octanol–water partition coefficient (Wildman–Crippen LogP) is 1.42. The van der Waals surface area contributed by atoms with Crippen LogP contribution in [-0.4, -0.2) is 41.1 Å². The molecule has 1 N–H and O–H groups in total. The van der Waals surface area contributed by atoms with Crippen LogP contribution in [0.25, 0.3) is 0 Å². The normalized spacial score (nSPS) is 23.2. The lowest BCUT2D eigenvalue weighted by Gasteiger charge is -2.49. The molecule has 1 aromatic heterocycles. The van der Waals surface area contributed by atoms with Crippen LogP contribution in [0.3, 0.4) is 0 Å². The number of carbonyl (C=O) groups excluding carboxylic acids is 1. The highest BCUT2D eigenvalue weighted by molar-refractivity contribution is 5.92. The van der Waals surface area contributed by atoms with Crippen molar-refractivity contribution in [1.29, 1.82) is 0 Å². The SMILES string of the molecule is O=C(c1ccon1)N1CCNCC12CCCCC2. The summed E-state index contributed by atoms with van der Waals surface area (Å²) in [4.78, 5) is 14.5. The van der Waals surface area contributed by atoms with Crippen molar-refractivity contribution >= 4 is 5.91 Å². The van der Waals surface area contributed by atoms with Gasteiger partial charge in [0.2, 0.25) is 0 Å². The van der Waals surface area contributed by atoms with E-state index in [0.717, 1.165) is 32.5 Å². The molecule has 2 fully saturated rings. The summed E-state index contributed by atoms with van der Waals surface area (Å²) in [6.07, 6.45) is 7.37.